The molecule has 0 aromatic carbocycles. The topological polar surface area (TPSA) is 60.3 Å². The van der Waals surface area contributed by atoms with E-state index in [-0.39, 0.29) is 5.91 Å². The number of carbonyl (C=O) groups is 2. The van der Waals surface area contributed by atoms with Gasteiger partial charge in [0.2, 0.25) is 0 Å². The molecular weight excluding hydrogens is 300 g/mol. The summed E-state index contributed by atoms with van der Waals surface area (Å²) < 4.78 is 7.21. The Bertz CT molecular complexity index is 470. The number of halogens is 1. The number of hydrogen-bond acceptors (Lipinski definition) is 3. The number of amides is 1. The molecule has 0 aliphatic heterocycles. The lowest BCUT2D eigenvalue weighted by Gasteiger charge is -2.26. The molecule has 0 fully saturated rings. The second-order valence-corrected chi connectivity index (χ2v) is 5.20. The summed E-state index contributed by atoms with van der Waals surface area (Å²) in [4.78, 5) is 23.8. The Labute approximate surface area is 115 Å². The summed E-state index contributed by atoms with van der Waals surface area (Å²) in [6, 6.07) is 1.70. The Hall–Kier alpha value is -1.30. The standard InChI is InChI=1S/C12H17BrN2O3/c1-5-12(2,11(17)18-4)14-10(16)9-6-8(13)7-15(9)3/h6-7H,5H2,1-4H3,(H,14,16)/t12-/m0/s1. The van der Waals surface area contributed by atoms with Gasteiger partial charge in [0.15, 0.2) is 0 Å². The zero-order valence-electron chi connectivity index (χ0n) is 10.9. The summed E-state index contributed by atoms with van der Waals surface area (Å²) in [7, 11) is 3.07. The van der Waals surface area contributed by atoms with Crippen LogP contribution in [0.4, 0.5) is 0 Å². The van der Waals surface area contributed by atoms with Gasteiger partial charge in [-0.25, -0.2) is 4.79 Å². The van der Waals surface area contributed by atoms with Crippen molar-refractivity contribution in [2.45, 2.75) is 25.8 Å². The zero-order chi connectivity index (χ0) is 13.9. The van der Waals surface area contributed by atoms with Crippen molar-refractivity contribution in [3.63, 3.8) is 0 Å². The van der Waals surface area contributed by atoms with E-state index in [1.807, 2.05) is 6.92 Å². The van der Waals surface area contributed by atoms with Gasteiger partial charge >= 0.3 is 5.97 Å². The Morgan fingerprint density at radius 1 is 1.56 bits per heavy atom. The molecule has 1 aromatic heterocycles. The van der Waals surface area contributed by atoms with E-state index in [4.69, 9.17) is 4.74 Å². The van der Waals surface area contributed by atoms with E-state index < -0.39 is 11.5 Å². The molecule has 0 aliphatic carbocycles. The number of nitrogens with zero attached hydrogens (tertiary/aromatic N) is 1. The van der Waals surface area contributed by atoms with Crippen LogP contribution in [0.15, 0.2) is 16.7 Å². The normalized spacial score (nSPS) is 13.8. The van der Waals surface area contributed by atoms with Crippen LogP contribution in [-0.2, 0) is 16.6 Å². The number of ether oxygens (including phenoxy) is 1. The van der Waals surface area contributed by atoms with Crippen molar-refractivity contribution in [1.29, 1.82) is 0 Å². The van der Waals surface area contributed by atoms with E-state index in [1.165, 1.54) is 7.11 Å². The summed E-state index contributed by atoms with van der Waals surface area (Å²) >= 11 is 3.30. The van der Waals surface area contributed by atoms with Gasteiger partial charge in [0.25, 0.3) is 5.91 Å². The number of aryl methyl sites for hydroxylation is 1. The van der Waals surface area contributed by atoms with Crippen molar-refractivity contribution in [1.82, 2.24) is 9.88 Å². The second-order valence-electron chi connectivity index (χ2n) is 4.29. The van der Waals surface area contributed by atoms with Crippen LogP contribution in [0.2, 0.25) is 0 Å². The molecule has 0 bridgehead atoms. The van der Waals surface area contributed by atoms with Gasteiger partial charge in [0.1, 0.15) is 11.2 Å². The van der Waals surface area contributed by atoms with Gasteiger partial charge in [0, 0.05) is 17.7 Å². The average molecular weight is 317 g/mol. The quantitative estimate of drug-likeness (QED) is 0.862. The van der Waals surface area contributed by atoms with Gasteiger partial charge in [-0.2, -0.15) is 0 Å². The van der Waals surface area contributed by atoms with Crippen molar-refractivity contribution in [2.75, 3.05) is 7.11 Å². The molecule has 0 aliphatic rings. The summed E-state index contributed by atoms with van der Waals surface area (Å²) in [5.41, 5.74) is -0.534. The number of hydrogen-bond donors (Lipinski definition) is 1. The molecule has 6 heteroatoms. The smallest absolute Gasteiger partial charge is 0.331 e. The molecule has 1 amide bonds. The summed E-state index contributed by atoms with van der Waals surface area (Å²) in [6.45, 7) is 3.47. The van der Waals surface area contributed by atoms with Crippen LogP contribution in [0, 0.1) is 0 Å². The largest absolute Gasteiger partial charge is 0.467 e. The summed E-state index contributed by atoms with van der Waals surface area (Å²) in [5.74, 6) is -0.760. The van der Waals surface area contributed by atoms with Gasteiger partial charge in [-0.3, -0.25) is 4.79 Å². The molecule has 100 valence electrons. The third-order valence-electron chi connectivity index (χ3n) is 2.94. The van der Waals surface area contributed by atoms with E-state index in [9.17, 15) is 9.59 Å². The fourth-order valence-electron chi connectivity index (χ4n) is 1.57. The zero-order valence-corrected chi connectivity index (χ0v) is 12.5. The maximum atomic E-state index is 12.1. The maximum absolute atomic E-state index is 12.1. The minimum atomic E-state index is -1.01. The fourth-order valence-corrected chi connectivity index (χ4v) is 2.10. The third kappa shape index (κ3) is 2.93. The Morgan fingerprint density at radius 3 is 2.56 bits per heavy atom. The molecular formula is C12H17BrN2O3. The second kappa shape index (κ2) is 5.56. The van der Waals surface area contributed by atoms with Crippen molar-refractivity contribution in [3.05, 3.63) is 22.4 Å². The highest BCUT2D eigenvalue weighted by molar-refractivity contribution is 9.10. The molecule has 1 aromatic rings. The number of carbonyl (C=O) groups excluding carboxylic acids is 2. The van der Waals surface area contributed by atoms with Crippen molar-refractivity contribution < 1.29 is 14.3 Å². The number of aromatic nitrogens is 1. The van der Waals surface area contributed by atoms with Gasteiger partial charge in [-0.1, -0.05) is 6.92 Å². The molecule has 1 atom stereocenters. The third-order valence-corrected chi connectivity index (χ3v) is 3.37. The van der Waals surface area contributed by atoms with E-state index in [2.05, 4.69) is 21.2 Å². The number of esters is 1. The molecule has 0 unspecified atom stereocenters. The van der Waals surface area contributed by atoms with Crippen LogP contribution in [0.1, 0.15) is 30.8 Å². The molecule has 5 nitrogen and oxygen atoms in total. The first-order chi connectivity index (χ1) is 8.34. The first kappa shape index (κ1) is 14.8. The fraction of sp³-hybridized carbons (Fsp3) is 0.500. The monoisotopic (exact) mass is 316 g/mol. The Morgan fingerprint density at radius 2 is 2.17 bits per heavy atom. The molecule has 0 spiro atoms. The van der Waals surface area contributed by atoms with Crippen LogP contribution in [0.25, 0.3) is 0 Å². The lowest BCUT2D eigenvalue weighted by Crippen LogP contribution is -2.52. The summed E-state index contributed by atoms with van der Waals surface area (Å²) in [5, 5.41) is 2.71. The van der Waals surface area contributed by atoms with Gasteiger partial charge in [-0.05, 0) is 35.3 Å². The number of rotatable bonds is 4. The lowest BCUT2D eigenvalue weighted by atomic mass is 9.99. The van der Waals surface area contributed by atoms with Crippen molar-refractivity contribution >= 4 is 27.8 Å². The maximum Gasteiger partial charge on any atom is 0.331 e. The van der Waals surface area contributed by atoms with Crippen LogP contribution in [-0.4, -0.2) is 29.1 Å². The van der Waals surface area contributed by atoms with Crippen LogP contribution < -0.4 is 5.32 Å². The minimum absolute atomic E-state index is 0.307. The van der Waals surface area contributed by atoms with E-state index in [1.54, 1.807) is 30.8 Å². The average Bonchev–Trinajstić information content (AvgIpc) is 2.67. The lowest BCUT2D eigenvalue weighted by molar-refractivity contribution is -0.147. The van der Waals surface area contributed by atoms with Crippen molar-refractivity contribution in [2.24, 2.45) is 7.05 Å². The molecule has 1 heterocycles. The van der Waals surface area contributed by atoms with Crippen LogP contribution >= 0.6 is 15.9 Å². The first-order valence-corrected chi connectivity index (χ1v) is 6.36. The minimum Gasteiger partial charge on any atom is -0.467 e. The predicted octanol–water partition coefficient (Wildman–Crippen LogP) is 1.86. The van der Waals surface area contributed by atoms with E-state index >= 15 is 0 Å². The molecule has 1 N–H and O–H groups in total. The van der Waals surface area contributed by atoms with E-state index in [0.29, 0.717) is 12.1 Å². The van der Waals surface area contributed by atoms with Gasteiger partial charge in [0.05, 0.1) is 7.11 Å². The molecule has 0 saturated heterocycles. The highest BCUT2D eigenvalue weighted by Crippen LogP contribution is 2.16. The highest BCUT2D eigenvalue weighted by atomic mass is 79.9. The predicted molar refractivity (Wildman–Crippen MR) is 71.3 cm³/mol. The van der Waals surface area contributed by atoms with Gasteiger partial charge in [-0.15, -0.1) is 0 Å². The first-order valence-electron chi connectivity index (χ1n) is 5.57. The van der Waals surface area contributed by atoms with E-state index in [0.717, 1.165) is 4.47 Å². The van der Waals surface area contributed by atoms with Crippen LogP contribution in [0.5, 0.6) is 0 Å². The molecule has 0 radical (unpaired) electrons. The van der Waals surface area contributed by atoms with Crippen LogP contribution in [0.3, 0.4) is 0 Å². The molecule has 0 saturated carbocycles. The van der Waals surface area contributed by atoms with Gasteiger partial charge < -0.3 is 14.6 Å². The molecule has 1 rings (SSSR count). The Kier molecular flexibility index (Phi) is 4.56. The number of nitrogens with one attached hydrogen (secondary N) is 1. The number of methoxy groups -OCH3 is 1. The SMILES string of the molecule is CC[C@](C)(NC(=O)c1cc(Br)cn1C)C(=O)OC. The molecule has 18 heavy (non-hydrogen) atoms. The highest BCUT2D eigenvalue weighted by Gasteiger charge is 2.34. The summed E-state index contributed by atoms with van der Waals surface area (Å²) in [6.07, 6.45) is 2.23. The Balaban J connectivity index is 2.93. The van der Waals surface area contributed by atoms with Crippen molar-refractivity contribution in [3.8, 4) is 0 Å².